The number of hydrogen-bond acceptors (Lipinski definition) is 5. The Labute approximate surface area is 125 Å². The largest absolute Gasteiger partial charge is 0.381 e. The highest BCUT2D eigenvalue weighted by Gasteiger charge is 2.27. The Kier molecular flexibility index (Phi) is 5.08. The summed E-state index contributed by atoms with van der Waals surface area (Å²) in [4.78, 5) is 23.5. The van der Waals surface area contributed by atoms with Crippen molar-refractivity contribution >= 4 is 33.6 Å². The highest BCUT2D eigenvalue weighted by atomic mass is 79.9. The number of nitro benzene ring substituents is 1. The second kappa shape index (κ2) is 6.81. The molecule has 7 heteroatoms. The Hall–Kier alpha value is -1.47. The zero-order valence-electron chi connectivity index (χ0n) is 10.8. The standard InChI is InChI=1S/C13H15BrN2O4/c14-10-1-2-12(13(9-10)16(18)19)15(5-6-17)11-3-7-20-8-4-11/h1-2,6,9,11H,3-5,7-8H2. The number of nitro groups is 1. The number of ether oxygens (including phenoxy) is 1. The fourth-order valence-electron chi connectivity index (χ4n) is 2.41. The third kappa shape index (κ3) is 3.34. The zero-order valence-corrected chi connectivity index (χ0v) is 12.4. The van der Waals surface area contributed by atoms with Crippen molar-refractivity contribution in [3.05, 3.63) is 32.8 Å². The van der Waals surface area contributed by atoms with Crippen LogP contribution in [0.4, 0.5) is 11.4 Å². The zero-order chi connectivity index (χ0) is 14.5. The molecule has 0 aliphatic carbocycles. The molecule has 0 N–H and O–H groups in total. The van der Waals surface area contributed by atoms with Crippen molar-refractivity contribution in [1.29, 1.82) is 0 Å². The number of carbonyl (C=O) groups excluding carboxylic acids is 1. The second-order valence-corrected chi connectivity index (χ2v) is 5.47. The fourth-order valence-corrected chi connectivity index (χ4v) is 2.76. The van der Waals surface area contributed by atoms with Gasteiger partial charge in [-0.15, -0.1) is 0 Å². The molecule has 1 aromatic carbocycles. The van der Waals surface area contributed by atoms with Crippen LogP contribution >= 0.6 is 15.9 Å². The minimum absolute atomic E-state index is 0.00715. The van der Waals surface area contributed by atoms with Gasteiger partial charge < -0.3 is 14.4 Å². The van der Waals surface area contributed by atoms with E-state index >= 15 is 0 Å². The van der Waals surface area contributed by atoms with E-state index in [4.69, 9.17) is 4.74 Å². The van der Waals surface area contributed by atoms with Gasteiger partial charge in [-0.2, -0.15) is 0 Å². The van der Waals surface area contributed by atoms with Gasteiger partial charge in [0.25, 0.3) is 5.69 Å². The van der Waals surface area contributed by atoms with Crippen molar-refractivity contribution in [1.82, 2.24) is 0 Å². The van der Waals surface area contributed by atoms with E-state index in [2.05, 4.69) is 15.9 Å². The Morgan fingerprint density at radius 2 is 2.15 bits per heavy atom. The molecule has 0 radical (unpaired) electrons. The summed E-state index contributed by atoms with van der Waals surface area (Å²) in [5.41, 5.74) is 0.491. The molecule has 1 heterocycles. The lowest BCUT2D eigenvalue weighted by molar-refractivity contribution is -0.384. The molecule has 2 rings (SSSR count). The molecule has 0 amide bonds. The van der Waals surface area contributed by atoms with Crippen LogP contribution in [0.1, 0.15) is 12.8 Å². The molecule has 6 nitrogen and oxygen atoms in total. The molecule has 1 aliphatic rings. The predicted molar refractivity (Wildman–Crippen MR) is 78.0 cm³/mol. The van der Waals surface area contributed by atoms with E-state index in [1.54, 1.807) is 17.0 Å². The van der Waals surface area contributed by atoms with Crippen LogP contribution < -0.4 is 4.90 Å². The summed E-state index contributed by atoms with van der Waals surface area (Å²) in [6, 6.07) is 4.99. The summed E-state index contributed by atoms with van der Waals surface area (Å²) < 4.78 is 5.95. The van der Waals surface area contributed by atoms with Crippen LogP contribution in [0.15, 0.2) is 22.7 Å². The quantitative estimate of drug-likeness (QED) is 0.467. The average Bonchev–Trinajstić information content (AvgIpc) is 2.46. The lowest BCUT2D eigenvalue weighted by Crippen LogP contribution is -2.41. The second-order valence-electron chi connectivity index (χ2n) is 4.55. The SMILES string of the molecule is O=CCN(c1ccc(Br)cc1[N+](=O)[O-])C1CCOCC1. The van der Waals surface area contributed by atoms with Gasteiger partial charge in [0.15, 0.2) is 0 Å². The maximum atomic E-state index is 11.2. The first-order valence-corrected chi connectivity index (χ1v) is 7.14. The number of rotatable bonds is 5. The monoisotopic (exact) mass is 342 g/mol. The first-order valence-electron chi connectivity index (χ1n) is 6.35. The van der Waals surface area contributed by atoms with E-state index in [1.165, 1.54) is 6.07 Å². The molecule has 0 atom stereocenters. The summed E-state index contributed by atoms with van der Waals surface area (Å²) in [6.07, 6.45) is 2.31. The van der Waals surface area contributed by atoms with E-state index in [1.807, 2.05) is 0 Å². The average molecular weight is 343 g/mol. The first kappa shape index (κ1) is 14.9. The molecule has 0 saturated carbocycles. The Morgan fingerprint density at radius 1 is 1.45 bits per heavy atom. The van der Waals surface area contributed by atoms with Gasteiger partial charge in [0.05, 0.1) is 11.5 Å². The normalized spacial score (nSPS) is 15.8. The van der Waals surface area contributed by atoms with Crippen LogP contribution in [0.3, 0.4) is 0 Å². The molecule has 1 fully saturated rings. The molecule has 1 aromatic rings. The summed E-state index contributed by atoms with van der Waals surface area (Å²) in [6.45, 7) is 1.38. The van der Waals surface area contributed by atoms with Crippen molar-refractivity contribution < 1.29 is 14.5 Å². The molecule has 108 valence electrons. The van der Waals surface area contributed by atoms with Gasteiger partial charge in [-0.25, -0.2) is 0 Å². The van der Waals surface area contributed by atoms with Crippen molar-refractivity contribution in [3.63, 3.8) is 0 Å². The predicted octanol–water partition coefficient (Wildman–Crippen LogP) is 2.54. The molecule has 1 aliphatic heterocycles. The number of nitrogens with zero attached hydrogens (tertiary/aromatic N) is 2. The molecular weight excluding hydrogens is 328 g/mol. The number of aldehydes is 1. The van der Waals surface area contributed by atoms with Crippen molar-refractivity contribution in [2.45, 2.75) is 18.9 Å². The number of anilines is 1. The lowest BCUT2D eigenvalue weighted by atomic mass is 10.1. The number of benzene rings is 1. The molecule has 0 spiro atoms. The Morgan fingerprint density at radius 3 is 2.75 bits per heavy atom. The van der Waals surface area contributed by atoms with E-state index in [0.717, 1.165) is 19.1 Å². The van der Waals surface area contributed by atoms with Gasteiger partial charge in [0.1, 0.15) is 12.0 Å². The molecule has 20 heavy (non-hydrogen) atoms. The van der Waals surface area contributed by atoms with Crippen LogP contribution in [0.25, 0.3) is 0 Å². The Bertz CT molecular complexity index is 503. The minimum Gasteiger partial charge on any atom is -0.381 e. The van der Waals surface area contributed by atoms with Crippen LogP contribution in [0.5, 0.6) is 0 Å². The van der Waals surface area contributed by atoms with Crippen LogP contribution in [-0.4, -0.2) is 37.0 Å². The minimum atomic E-state index is -0.419. The maximum Gasteiger partial charge on any atom is 0.293 e. The summed E-state index contributed by atoms with van der Waals surface area (Å²) >= 11 is 3.24. The molecule has 1 saturated heterocycles. The van der Waals surface area contributed by atoms with E-state index in [9.17, 15) is 14.9 Å². The third-order valence-electron chi connectivity index (χ3n) is 3.35. The summed E-state index contributed by atoms with van der Waals surface area (Å²) in [5, 5.41) is 11.2. The molecular formula is C13H15BrN2O4. The van der Waals surface area contributed by atoms with Gasteiger partial charge in [-0.05, 0) is 25.0 Å². The number of halogens is 1. The highest BCUT2D eigenvalue weighted by molar-refractivity contribution is 9.10. The van der Waals surface area contributed by atoms with Crippen LogP contribution in [0.2, 0.25) is 0 Å². The van der Waals surface area contributed by atoms with Gasteiger partial charge in [-0.1, -0.05) is 15.9 Å². The molecule has 0 bridgehead atoms. The van der Waals surface area contributed by atoms with Crippen molar-refractivity contribution in [2.75, 3.05) is 24.7 Å². The van der Waals surface area contributed by atoms with Gasteiger partial charge in [-0.3, -0.25) is 10.1 Å². The summed E-state index contributed by atoms with van der Waals surface area (Å²) in [5.74, 6) is 0. The van der Waals surface area contributed by atoms with Crippen LogP contribution in [0, 0.1) is 10.1 Å². The van der Waals surface area contributed by atoms with E-state index in [-0.39, 0.29) is 18.3 Å². The number of hydrogen-bond donors (Lipinski definition) is 0. The number of carbonyl (C=O) groups is 1. The van der Waals surface area contributed by atoms with Gasteiger partial charge in [0, 0.05) is 29.8 Å². The Balaban J connectivity index is 2.37. The highest BCUT2D eigenvalue weighted by Crippen LogP contribution is 2.33. The van der Waals surface area contributed by atoms with Crippen molar-refractivity contribution in [3.8, 4) is 0 Å². The van der Waals surface area contributed by atoms with Crippen LogP contribution in [-0.2, 0) is 9.53 Å². The molecule has 0 aromatic heterocycles. The van der Waals surface area contributed by atoms with Crippen molar-refractivity contribution in [2.24, 2.45) is 0 Å². The lowest BCUT2D eigenvalue weighted by Gasteiger charge is -2.34. The fraction of sp³-hybridized carbons (Fsp3) is 0.462. The van der Waals surface area contributed by atoms with Gasteiger partial charge >= 0.3 is 0 Å². The first-order chi connectivity index (χ1) is 9.63. The maximum absolute atomic E-state index is 11.2. The van der Waals surface area contributed by atoms with E-state index in [0.29, 0.717) is 23.4 Å². The molecule has 0 unspecified atom stereocenters. The third-order valence-corrected chi connectivity index (χ3v) is 3.84. The smallest absolute Gasteiger partial charge is 0.293 e. The van der Waals surface area contributed by atoms with E-state index < -0.39 is 4.92 Å². The summed E-state index contributed by atoms with van der Waals surface area (Å²) in [7, 11) is 0. The topological polar surface area (TPSA) is 72.7 Å². The van der Waals surface area contributed by atoms with Gasteiger partial charge in [0.2, 0.25) is 0 Å².